The van der Waals surface area contributed by atoms with E-state index < -0.39 is 0 Å². The van der Waals surface area contributed by atoms with Crippen LogP contribution >= 0.6 is 0 Å². The summed E-state index contributed by atoms with van der Waals surface area (Å²) in [6, 6.07) is 0. The van der Waals surface area contributed by atoms with E-state index in [1.165, 1.54) is 0 Å². The Labute approximate surface area is 84.7 Å². The van der Waals surface area contributed by atoms with Gasteiger partial charge >= 0.3 is 0 Å². The highest BCUT2D eigenvalue weighted by molar-refractivity contribution is 5.96. The molecule has 1 saturated heterocycles. The Morgan fingerprint density at radius 2 is 2.14 bits per heavy atom. The molecule has 0 spiro atoms. The van der Waals surface area contributed by atoms with Gasteiger partial charge in [-0.1, -0.05) is 6.08 Å². The van der Waals surface area contributed by atoms with Crippen molar-refractivity contribution in [2.75, 3.05) is 32.8 Å². The molecule has 0 radical (unpaired) electrons. The second kappa shape index (κ2) is 4.71. The summed E-state index contributed by atoms with van der Waals surface area (Å²) in [6.07, 6.45) is 4.97. The number of allylic oxidation sites excluding steroid dienone is 1. The Kier molecular flexibility index (Phi) is 3.32. The molecule has 0 aromatic carbocycles. The molecule has 0 aromatic heterocycles. The maximum atomic E-state index is 11.5. The molecule has 0 bridgehead atoms. The van der Waals surface area contributed by atoms with Crippen LogP contribution in [0, 0.1) is 0 Å². The summed E-state index contributed by atoms with van der Waals surface area (Å²) < 4.78 is 5.27. The fourth-order valence-electron chi connectivity index (χ4n) is 1.97. The standard InChI is InChI=1S/C11H17NO2/c13-11-4-2-1-3-10(11)9-12-5-7-14-8-6-12/h3H,1-2,4-9H2. The van der Waals surface area contributed by atoms with Crippen LogP contribution < -0.4 is 0 Å². The molecule has 0 aromatic rings. The molecular formula is C11H17NO2. The van der Waals surface area contributed by atoms with Crippen molar-refractivity contribution >= 4 is 5.78 Å². The molecule has 1 heterocycles. The van der Waals surface area contributed by atoms with E-state index in [4.69, 9.17) is 4.74 Å². The van der Waals surface area contributed by atoms with Gasteiger partial charge in [0.15, 0.2) is 5.78 Å². The van der Waals surface area contributed by atoms with E-state index >= 15 is 0 Å². The summed E-state index contributed by atoms with van der Waals surface area (Å²) in [6.45, 7) is 4.38. The zero-order valence-corrected chi connectivity index (χ0v) is 8.50. The van der Waals surface area contributed by atoms with Gasteiger partial charge in [0, 0.05) is 31.6 Å². The van der Waals surface area contributed by atoms with E-state index in [-0.39, 0.29) is 0 Å². The van der Waals surface area contributed by atoms with Crippen molar-refractivity contribution in [2.24, 2.45) is 0 Å². The SMILES string of the molecule is O=C1CCCC=C1CN1CCOCC1. The first kappa shape index (κ1) is 9.87. The molecule has 3 nitrogen and oxygen atoms in total. The maximum absolute atomic E-state index is 11.5. The molecule has 0 saturated carbocycles. The van der Waals surface area contributed by atoms with Crippen LogP contribution in [0.25, 0.3) is 0 Å². The van der Waals surface area contributed by atoms with E-state index in [0.717, 1.165) is 57.7 Å². The van der Waals surface area contributed by atoms with Gasteiger partial charge in [-0.2, -0.15) is 0 Å². The molecule has 0 atom stereocenters. The number of hydrogen-bond acceptors (Lipinski definition) is 3. The van der Waals surface area contributed by atoms with Crippen LogP contribution in [-0.2, 0) is 9.53 Å². The lowest BCUT2D eigenvalue weighted by Gasteiger charge is -2.27. The number of ketones is 1. The van der Waals surface area contributed by atoms with E-state index in [1.54, 1.807) is 0 Å². The molecule has 78 valence electrons. The highest BCUT2D eigenvalue weighted by atomic mass is 16.5. The Hall–Kier alpha value is -0.670. The van der Waals surface area contributed by atoms with Crippen molar-refractivity contribution in [3.05, 3.63) is 11.6 Å². The Balaban J connectivity index is 1.88. The molecule has 1 aliphatic heterocycles. The fourth-order valence-corrected chi connectivity index (χ4v) is 1.97. The topological polar surface area (TPSA) is 29.5 Å². The molecule has 1 aliphatic carbocycles. The first-order valence-corrected chi connectivity index (χ1v) is 5.38. The minimum atomic E-state index is 0.350. The van der Waals surface area contributed by atoms with E-state index in [1.807, 2.05) is 0 Å². The van der Waals surface area contributed by atoms with E-state index in [9.17, 15) is 4.79 Å². The summed E-state index contributed by atoms with van der Waals surface area (Å²) in [7, 11) is 0. The van der Waals surface area contributed by atoms with Gasteiger partial charge < -0.3 is 4.74 Å². The van der Waals surface area contributed by atoms with Crippen molar-refractivity contribution < 1.29 is 9.53 Å². The average Bonchev–Trinajstić information content (AvgIpc) is 2.23. The molecule has 14 heavy (non-hydrogen) atoms. The summed E-state index contributed by atoms with van der Waals surface area (Å²) >= 11 is 0. The normalized spacial score (nSPS) is 24.9. The lowest BCUT2D eigenvalue weighted by molar-refractivity contribution is -0.116. The molecule has 1 fully saturated rings. The third-order valence-electron chi connectivity index (χ3n) is 2.85. The number of rotatable bonds is 2. The van der Waals surface area contributed by atoms with Crippen LogP contribution in [0.1, 0.15) is 19.3 Å². The monoisotopic (exact) mass is 195 g/mol. The Bertz CT molecular complexity index is 242. The molecular weight excluding hydrogens is 178 g/mol. The number of hydrogen-bond donors (Lipinski definition) is 0. The van der Waals surface area contributed by atoms with Gasteiger partial charge in [-0.05, 0) is 12.8 Å². The highest BCUT2D eigenvalue weighted by Gasteiger charge is 2.18. The lowest BCUT2D eigenvalue weighted by atomic mass is 9.98. The lowest BCUT2D eigenvalue weighted by Crippen LogP contribution is -2.38. The minimum absolute atomic E-state index is 0.350. The van der Waals surface area contributed by atoms with Crippen LogP contribution in [0.2, 0.25) is 0 Å². The van der Waals surface area contributed by atoms with E-state index in [2.05, 4.69) is 11.0 Å². The van der Waals surface area contributed by atoms with Gasteiger partial charge in [0.1, 0.15) is 0 Å². The quantitative estimate of drug-likeness (QED) is 0.658. The van der Waals surface area contributed by atoms with Gasteiger partial charge in [-0.15, -0.1) is 0 Å². The van der Waals surface area contributed by atoms with Gasteiger partial charge in [0.2, 0.25) is 0 Å². The first-order valence-electron chi connectivity index (χ1n) is 5.38. The van der Waals surface area contributed by atoms with Crippen molar-refractivity contribution in [3.63, 3.8) is 0 Å². The fraction of sp³-hybridized carbons (Fsp3) is 0.727. The Morgan fingerprint density at radius 1 is 1.36 bits per heavy atom. The van der Waals surface area contributed by atoms with Gasteiger partial charge in [-0.25, -0.2) is 0 Å². The Morgan fingerprint density at radius 3 is 2.86 bits per heavy atom. The number of Topliss-reactive ketones (excluding diaryl/α,β-unsaturated/α-hetero) is 1. The molecule has 0 amide bonds. The van der Waals surface area contributed by atoms with E-state index in [0.29, 0.717) is 5.78 Å². The van der Waals surface area contributed by atoms with Gasteiger partial charge in [0.05, 0.1) is 13.2 Å². The van der Waals surface area contributed by atoms with Crippen molar-refractivity contribution in [1.29, 1.82) is 0 Å². The zero-order chi connectivity index (χ0) is 9.80. The average molecular weight is 195 g/mol. The predicted octanol–water partition coefficient (Wildman–Crippen LogP) is 0.998. The number of morpholine rings is 1. The van der Waals surface area contributed by atoms with Gasteiger partial charge in [0.25, 0.3) is 0 Å². The number of ether oxygens (including phenoxy) is 1. The van der Waals surface area contributed by atoms with Crippen LogP contribution in [0.15, 0.2) is 11.6 Å². The molecule has 0 N–H and O–H groups in total. The third kappa shape index (κ3) is 2.42. The molecule has 0 unspecified atom stereocenters. The summed E-state index contributed by atoms with van der Waals surface area (Å²) in [5.74, 6) is 0.350. The summed E-state index contributed by atoms with van der Waals surface area (Å²) in [5.41, 5.74) is 1.03. The molecule has 2 aliphatic rings. The van der Waals surface area contributed by atoms with Crippen molar-refractivity contribution in [3.8, 4) is 0 Å². The second-order valence-corrected chi connectivity index (χ2v) is 3.93. The maximum Gasteiger partial charge on any atom is 0.159 e. The second-order valence-electron chi connectivity index (χ2n) is 3.93. The zero-order valence-electron chi connectivity index (χ0n) is 8.50. The third-order valence-corrected chi connectivity index (χ3v) is 2.85. The van der Waals surface area contributed by atoms with Crippen LogP contribution in [0.4, 0.5) is 0 Å². The van der Waals surface area contributed by atoms with Crippen LogP contribution in [-0.4, -0.2) is 43.5 Å². The number of carbonyl (C=O) groups excluding carboxylic acids is 1. The van der Waals surface area contributed by atoms with Crippen LogP contribution in [0.3, 0.4) is 0 Å². The minimum Gasteiger partial charge on any atom is -0.379 e. The highest BCUT2D eigenvalue weighted by Crippen LogP contribution is 2.15. The number of nitrogens with zero attached hydrogens (tertiary/aromatic N) is 1. The van der Waals surface area contributed by atoms with Crippen LogP contribution in [0.5, 0.6) is 0 Å². The first-order chi connectivity index (χ1) is 6.86. The summed E-state index contributed by atoms with van der Waals surface area (Å²) in [5, 5.41) is 0. The smallest absolute Gasteiger partial charge is 0.159 e. The molecule has 2 rings (SSSR count). The largest absolute Gasteiger partial charge is 0.379 e. The predicted molar refractivity (Wildman–Crippen MR) is 54.2 cm³/mol. The van der Waals surface area contributed by atoms with Crippen molar-refractivity contribution in [1.82, 2.24) is 4.90 Å². The number of carbonyl (C=O) groups is 1. The van der Waals surface area contributed by atoms with Crippen molar-refractivity contribution in [2.45, 2.75) is 19.3 Å². The molecule has 3 heteroatoms. The summed E-state index contributed by atoms with van der Waals surface area (Å²) in [4.78, 5) is 13.8. The van der Waals surface area contributed by atoms with Gasteiger partial charge in [-0.3, -0.25) is 9.69 Å².